The van der Waals surface area contributed by atoms with Crippen LogP contribution >= 0.6 is 0 Å². The molecule has 0 saturated heterocycles. The zero-order valence-corrected chi connectivity index (χ0v) is 10.7. The average molecular weight is 246 g/mol. The Morgan fingerprint density at radius 2 is 2.22 bits per heavy atom. The van der Waals surface area contributed by atoms with Crippen LogP contribution in [-0.2, 0) is 0 Å². The van der Waals surface area contributed by atoms with Crippen LogP contribution < -0.4 is 11.5 Å². The van der Waals surface area contributed by atoms with Gasteiger partial charge in [-0.2, -0.15) is 0 Å². The lowest BCUT2D eigenvalue weighted by Gasteiger charge is -2.16. The summed E-state index contributed by atoms with van der Waals surface area (Å²) in [6, 6.07) is 5.60. The summed E-state index contributed by atoms with van der Waals surface area (Å²) in [6.07, 6.45) is 5.99. The molecule has 0 bridgehead atoms. The number of allylic oxidation sites excluding steroid dienone is 1. The van der Waals surface area contributed by atoms with Crippen LogP contribution in [0.1, 0.15) is 32.3 Å². The number of aromatic amines is 1. The van der Waals surface area contributed by atoms with Crippen molar-refractivity contribution in [2.24, 2.45) is 5.73 Å². The summed E-state index contributed by atoms with van der Waals surface area (Å²) in [5.74, 6) is -0.420. The summed E-state index contributed by atoms with van der Waals surface area (Å²) in [4.78, 5) is 13.7. The highest BCUT2D eigenvalue weighted by Crippen LogP contribution is 2.14. The molecule has 1 aromatic heterocycles. The number of nitrogens with two attached hydrogens (primary N) is 1. The Morgan fingerprint density at radius 3 is 2.94 bits per heavy atom. The van der Waals surface area contributed by atoms with Crippen molar-refractivity contribution in [1.82, 2.24) is 4.98 Å². The van der Waals surface area contributed by atoms with Gasteiger partial charge in [0, 0.05) is 5.54 Å². The Labute approximate surface area is 105 Å². The van der Waals surface area contributed by atoms with E-state index in [9.17, 15) is 4.79 Å². The maximum Gasteiger partial charge on any atom is 0.417 e. The number of benzene rings is 1. The topological polar surface area (TPSA) is 72.0 Å². The molecule has 0 saturated carbocycles. The number of hydrogen-bond acceptors (Lipinski definition) is 3. The summed E-state index contributed by atoms with van der Waals surface area (Å²) in [7, 11) is 0. The fraction of sp³-hybridized carbons (Fsp3) is 0.357. The van der Waals surface area contributed by atoms with Gasteiger partial charge < -0.3 is 10.2 Å². The normalized spacial score (nSPS) is 12.6. The SMILES string of the molecule is CC(C)(N)CC/C=C/c1ccc2oc(=O)[nH]c2c1. The van der Waals surface area contributed by atoms with E-state index in [1.165, 1.54) is 0 Å². The van der Waals surface area contributed by atoms with Crippen LogP contribution in [0.5, 0.6) is 0 Å². The average Bonchev–Trinajstić information content (AvgIpc) is 2.62. The molecule has 4 nitrogen and oxygen atoms in total. The third kappa shape index (κ3) is 3.34. The first kappa shape index (κ1) is 12.6. The first-order valence-corrected chi connectivity index (χ1v) is 6.02. The third-order valence-corrected chi connectivity index (χ3v) is 2.71. The van der Waals surface area contributed by atoms with Gasteiger partial charge in [-0.1, -0.05) is 18.2 Å². The van der Waals surface area contributed by atoms with Gasteiger partial charge in [-0.15, -0.1) is 0 Å². The standard InChI is InChI=1S/C14H18N2O2/c1-14(2,15)8-4-3-5-10-6-7-12-11(9-10)16-13(17)18-12/h3,5-7,9H,4,8,15H2,1-2H3,(H,16,17)/b5-3+. The molecule has 2 rings (SSSR count). The van der Waals surface area contributed by atoms with E-state index in [1.807, 2.05) is 32.1 Å². The Morgan fingerprint density at radius 1 is 1.44 bits per heavy atom. The molecular weight excluding hydrogens is 228 g/mol. The number of fused-ring (bicyclic) bond motifs is 1. The molecule has 0 aliphatic carbocycles. The maximum absolute atomic E-state index is 11.0. The number of aromatic nitrogens is 1. The number of nitrogens with one attached hydrogen (secondary N) is 1. The second-order valence-corrected chi connectivity index (χ2v) is 5.20. The molecule has 2 aromatic rings. The minimum atomic E-state index is -0.420. The molecule has 0 aliphatic rings. The van der Waals surface area contributed by atoms with Crippen molar-refractivity contribution >= 4 is 17.2 Å². The number of oxazole rings is 1. The largest absolute Gasteiger partial charge is 0.417 e. The monoisotopic (exact) mass is 246 g/mol. The maximum atomic E-state index is 11.0. The highest BCUT2D eigenvalue weighted by atomic mass is 16.4. The molecule has 0 amide bonds. The van der Waals surface area contributed by atoms with Crippen LogP contribution in [0.15, 0.2) is 33.5 Å². The van der Waals surface area contributed by atoms with Gasteiger partial charge in [-0.3, -0.25) is 4.98 Å². The molecular formula is C14H18N2O2. The molecule has 0 spiro atoms. The third-order valence-electron chi connectivity index (χ3n) is 2.71. The van der Waals surface area contributed by atoms with Crippen LogP contribution in [0.3, 0.4) is 0 Å². The summed E-state index contributed by atoms with van der Waals surface area (Å²) in [5.41, 5.74) is 8.11. The van der Waals surface area contributed by atoms with Gasteiger partial charge in [0.2, 0.25) is 0 Å². The number of hydrogen-bond donors (Lipinski definition) is 2. The van der Waals surface area contributed by atoms with Crippen molar-refractivity contribution in [2.45, 2.75) is 32.2 Å². The minimum Gasteiger partial charge on any atom is -0.408 e. The van der Waals surface area contributed by atoms with E-state index < -0.39 is 5.76 Å². The Balaban J connectivity index is 2.07. The van der Waals surface area contributed by atoms with E-state index in [-0.39, 0.29) is 5.54 Å². The van der Waals surface area contributed by atoms with Gasteiger partial charge >= 0.3 is 5.76 Å². The van der Waals surface area contributed by atoms with Crippen LogP contribution in [0.4, 0.5) is 0 Å². The number of rotatable bonds is 4. The van der Waals surface area contributed by atoms with Gasteiger partial charge in [0.25, 0.3) is 0 Å². The molecule has 0 fully saturated rings. The predicted octanol–water partition coefficient (Wildman–Crippen LogP) is 2.65. The lowest BCUT2D eigenvalue weighted by Crippen LogP contribution is -2.31. The number of H-pyrrole nitrogens is 1. The van der Waals surface area contributed by atoms with Gasteiger partial charge in [0.15, 0.2) is 5.58 Å². The second-order valence-electron chi connectivity index (χ2n) is 5.20. The summed E-state index contributed by atoms with van der Waals surface area (Å²) < 4.78 is 4.94. The van der Waals surface area contributed by atoms with Crippen molar-refractivity contribution in [2.75, 3.05) is 0 Å². The van der Waals surface area contributed by atoms with E-state index in [1.54, 1.807) is 6.07 Å². The molecule has 3 N–H and O–H groups in total. The van der Waals surface area contributed by atoms with Crippen molar-refractivity contribution in [3.8, 4) is 0 Å². The summed E-state index contributed by atoms with van der Waals surface area (Å²) in [6.45, 7) is 4.03. The molecule has 0 aliphatic heterocycles. The Kier molecular flexibility index (Phi) is 3.39. The molecule has 96 valence electrons. The fourth-order valence-electron chi connectivity index (χ4n) is 1.75. The molecule has 0 radical (unpaired) electrons. The molecule has 18 heavy (non-hydrogen) atoms. The van der Waals surface area contributed by atoms with Gasteiger partial charge in [0.05, 0.1) is 5.52 Å². The fourth-order valence-corrected chi connectivity index (χ4v) is 1.75. The lowest BCUT2D eigenvalue weighted by atomic mass is 10.00. The second kappa shape index (κ2) is 4.82. The van der Waals surface area contributed by atoms with Gasteiger partial charge in [0.1, 0.15) is 0 Å². The van der Waals surface area contributed by atoms with Crippen LogP contribution in [0.25, 0.3) is 17.2 Å². The quantitative estimate of drug-likeness (QED) is 0.871. The van der Waals surface area contributed by atoms with Crippen LogP contribution in [-0.4, -0.2) is 10.5 Å². The van der Waals surface area contributed by atoms with E-state index in [2.05, 4.69) is 11.1 Å². The van der Waals surface area contributed by atoms with Gasteiger partial charge in [-0.05, 0) is 44.4 Å². The van der Waals surface area contributed by atoms with Crippen molar-refractivity contribution in [3.63, 3.8) is 0 Å². The van der Waals surface area contributed by atoms with Crippen molar-refractivity contribution < 1.29 is 4.42 Å². The van der Waals surface area contributed by atoms with E-state index in [4.69, 9.17) is 10.2 Å². The van der Waals surface area contributed by atoms with Crippen LogP contribution in [0, 0.1) is 0 Å². The molecule has 1 heterocycles. The summed E-state index contributed by atoms with van der Waals surface area (Å²) in [5, 5.41) is 0. The highest BCUT2D eigenvalue weighted by Gasteiger charge is 2.07. The molecule has 4 heteroatoms. The van der Waals surface area contributed by atoms with Gasteiger partial charge in [-0.25, -0.2) is 4.79 Å². The van der Waals surface area contributed by atoms with E-state index in [0.29, 0.717) is 5.58 Å². The lowest BCUT2D eigenvalue weighted by molar-refractivity contribution is 0.482. The first-order valence-electron chi connectivity index (χ1n) is 6.02. The first-order chi connectivity index (χ1) is 8.44. The van der Waals surface area contributed by atoms with E-state index in [0.717, 1.165) is 23.9 Å². The van der Waals surface area contributed by atoms with Crippen molar-refractivity contribution in [1.29, 1.82) is 0 Å². The van der Waals surface area contributed by atoms with Crippen molar-refractivity contribution in [3.05, 3.63) is 40.4 Å². The minimum absolute atomic E-state index is 0.135. The zero-order valence-electron chi connectivity index (χ0n) is 10.7. The highest BCUT2D eigenvalue weighted by molar-refractivity contribution is 5.75. The summed E-state index contributed by atoms with van der Waals surface area (Å²) >= 11 is 0. The molecule has 0 unspecified atom stereocenters. The van der Waals surface area contributed by atoms with E-state index >= 15 is 0 Å². The Bertz CT molecular complexity index is 614. The molecule has 0 atom stereocenters. The predicted molar refractivity (Wildman–Crippen MR) is 73.4 cm³/mol. The smallest absolute Gasteiger partial charge is 0.408 e. The van der Waals surface area contributed by atoms with Crippen LogP contribution in [0.2, 0.25) is 0 Å². The Hall–Kier alpha value is -1.81. The zero-order chi connectivity index (χ0) is 13.2. The molecule has 1 aromatic carbocycles.